The lowest BCUT2D eigenvalue weighted by Gasteiger charge is -2.04. The van der Waals surface area contributed by atoms with Crippen LogP contribution >= 0.6 is 0 Å². The van der Waals surface area contributed by atoms with Crippen molar-refractivity contribution in [1.29, 1.82) is 0 Å². The van der Waals surface area contributed by atoms with Gasteiger partial charge in [0, 0.05) is 18.2 Å². The van der Waals surface area contributed by atoms with E-state index in [4.69, 9.17) is 5.73 Å². The molecule has 0 spiro atoms. The first-order valence-electron chi connectivity index (χ1n) is 6.47. The summed E-state index contributed by atoms with van der Waals surface area (Å²) in [5.41, 5.74) is 7.27. The van der Waals surface area contributed by atoms with Gasteiger partial charge in [-0.25, -0.2) is 0 Å². The second kappa shape index (κ2) is 8.47. The molecule has 0 saturated heterocycles. The molecule has 0 bridgehead atoms. The van der Waals surface area contributed by atoms with Gasteiger partial charge in [-0.1, -0.05) is 43.3 Å². The largest absolute Gasteiger partial charge is 0.469 e. The van der Waals surface area contributed by atoms with E-state index in [0.29, 0.717) is 12.1 Å². The fourth-order valence-electron chi connectivity index (χ4n) is 1.60. The van der Waals surface area contributed by atoms with E-state index in [1.807, 2.05) is 36.4 Å². The highest BCUT2D eigenvalue weighted by Crippen LogP contribution is 2.20. The van der Waals surface area contributed by atoms with Gasteiger partial charge in [-0.05, 0) is 11.6 Å². The molecule has 0 fully saturated rings. The van der Waals surface area contributed by atoms with E-state index in [1.165, 1.54) is 7.11 Å². The molecule has 5 nitrogen and oxygen atoms in total. The van der Waals surface area contributed by atoms with Crippen molar-refractivity contribution >= 4 is 11.9 Å². The Morgan fingerprint density at radius 1 is 1.14 bits per heavy atom. The van der Waals surface area contributed by atoms with Crippen LogP contribution in [0, 0.1) is 0 Å². The molecular weight excluding hydrogens is 268 g/mol. The number of nitrogens with two attached hydrogens (primary N) is 1. The number of hydrogen-bond acceptors (Lipinski definition) is 4. The maximum atomic E-state index is 11.2. The molecule has 2 rings (SSSR count). The summed E-state index contributed by atoms with van der Waals surface area (Å²) in [4.78, 5) is 25.1. The maximum Gasteiger partial charge on any atom is 0.305 e. The summed E-state index contributed by atoms with van der Waals surface area (Å²) >= 11 is 0. The van der Waals surface area contributed by atoms with Gasteiger partial charge in [0.15, 0.2) is 0 Å². The van der Waals surface area contributed by atoms with E-state index in [9.17, 15) is 9.59 Å². The molecule has 0 atom stereocenters. The Hall–Kier alpha value is -2.69. The lowest BCUT2D eigenvalue weighted by Crippen LogP contribution is -2.14. The van der Waals surface area contributed by atoms with Gasteiger partial charge in [0.2, 0.25) is 0 Å². The molecule has 0 aliphatic rings. The average molecular weight is 286 g/mol. The third-order valence-electron chi connectivity index (χ3n) is 2.64. The molecule has 5 heteroatoms. The number of hydrogen-bond donors (Lipinski definition) is 1. The van der Waals surface area contributed by atoms with E-state index < -0.39 is 5.91 Å². The quantitative estimate of drug-likeness (QED) is 0.878. The number of methoxy groups -OCH3 is 1. The molecule has 1 heterocycles. The van der Waals surface area contributed by atoms with Gasteiger partial charge in [-0.2, -0.15) is 0 Å². The number of ether oxygens (including phenoxy) is 1. The molecular formula is C16H18N2O3. The molecule has 21 heavy (non-hydrogen) atoms. The number of primary amides is 1. The molecule has 0 aliphatic carbocycles. The van der Waals surface area contributed by atoms with Gasteiger partial charge in [-0.15, -0.1) is 0 Å². The monoisotopic (exact) mass is 286 g/mol. The third kappa shape index (κ3) is 5.06. The summed E-state index contributed by atoms with van der Waals surface area (Å²) in [6.07, 6.45) is 2.03. The highest BCUT2D eigenvalue weighted by Gasteiger charge is 2.09. The first-order valence-corrected chi connectivity index (χ1v) is 6.47. The fourth-order valence-corrected chi connectivity index (χ4v) is 1.60. The van der Waals surface area contributed by atoms with Crippen molar-refractivity contribution in [3.05, 3.63) is 54.4 Å². The third-order valence-corrected chi connectivity index (χ3v) is 2.64. The van der Waals surface area contributed by atoms with Crippen molar-refractivity contribution in [3.8, 4) is 11.1 Å². The number of amides is 1. The summed E-state index contributed by atoms with van der Waals surface area (Å²) in [5, 5.41) is 0. The first kappa shape index (κ1) is 16.4. The minimum absolute atomic E-state index is 0.157. The second-order valence-corrected chi connectivity index (χ2v) is 4.06. The standard InChI is InChI=1S/C12H10N2O.C4H8O2/c13-12(15)11-10(7-4-8-14-11)9-5-2-1-3-6-9;1-3-4(5)6-2/h1-8H,(H2,13,15);3H2,1-2H3. The summed E-state index contributed by atoms with van der Waals surface area (Å²) < 4.78 is 4.26. The van der Waals surface area contributed by atoms with E-state index in [0.717, 1.165) is 11.1 Å². The summed E-state index contributed by atoms with van der Waals surface area (Å²) in [6.45, 7) is 1.76. The number of rotatable bonds is 3. The maximum absolute atomic E-state index is 11.2. The Bertz CT molecular complexity index is 591. The van der Waals surface area contributed by atoms with Gasteiger partial charge in [0.1, 0.15) is 5.69 Å². The Morgan fingerprint density at radius 2 is 1.81 bits per heavy atom. The zero-order chi connectivity index (χ0) is 15.7. The number of carbonyl (C=O) groups excluding carboxylic acids is 2. The Morgan fingerprint density at radius 3 is 2.29 bits per heavy atom. The van der Waals surface area contributed by atoms with Crippen LogP contribution in [0.5, 0.6) is 0 Å². The van der Waals surface area contributed by atoms with Crippen LogP contribution in [-0.2, 0) is 9.53 Å². The van der Waals surface area contributed by atoms with Gasteiger partial charge < -0.3 is 10.5 Å². The number of esters is 1. The minimum atomic E-state index is -0.505. The zero-order valence-corrected chi connectivity index (χ0v) is 12.1. The van der Waals surface area contributed by atoms with E-state index in [1.54, 1.807) is 19.2 Å². The number of aromatic nitrogens is 1. The summed E-state index contributed by atoms with van der Waals surface area (Å²) in [5.74, 6) is -0.663. The summed E-state index contributed by atoms with van der Waals surface area (Å²) in [6, 6.07) is 13.2. The van der Waals surface area contributed by atoms with Crippen LogP contribution in [0.4, 0.5) is 0 Å². The van der Waals surface area contributed by atoms with E-state index >= 15 is 0 Å². The Kier molecular flexibility index (Phi) is 6.60. The van der Waals surface area contributed by atoms with Crippen LogP contribution in [0.2, 0.25) is 0 Å². The van der Waals surface area contributed by atoms with Crippen LogP contribution in [0.1, 0.15) is 23.8 Å². The molecule has 2 N–H and O–H groups in total. The van der Waals surface area contributed by atoms with Gasteiger partial charge in [0.25, 0.3) is 5.91 Å². The van der Waals surface area contributed by atoms with Crippen molar-refractivity contribution < 1.29 is 14.3 Å². The van der Waals surface area contributed by atoms with Crippen LogP contribution in [0.3, 0.4) is 0 Å². The van der Waals surface area contributed by atoms with Gasteiger partial charge in [-0.3, -0.25) is 14.6 Å². The number of pyridine rings is 1. The number of nitrogens with zero attached hydrogens (tertiary/aromatic N) is 1. The Balaban J connectivity index is 0.000000315. The average Bonchev–Trinajstić information content (AvgIpc) is 2.55. The van der Waals surface area contributed by atoms with Gasteiger partial charge in [0.05, 0.1) is 7.11 Å². The molecule has 1 aromatic heterocycles. The van der Waals surface area contributed by atoms with Crippen LogP contribution in [-0.4, -0.2) is 24.0 Å². The minimum Gasteiger partial charge on any atom is -0.469 e. The molecule has 0 unspecified atom stereocenters. The lowest BCUT2D eigenvalue weighted by molar-refractivity contribution is -0.140. The highest BCUT2D eigenvalue weighted by molar-refractivity contribution is 5.97. The molecule has 0 radical (unpaired) electrons. The van der Waals surface area contributed by atoms with Gasteiger partial charge >= 0.3 is 5.97 Å². The van der Waals surface area contributed by atoms with E-state index in [2.05, 4.69) is 9.72 Å². The molecule has 2 aromatic rings. The second-order valence-electron chi connectivity index (χ2n) is 4.06. The zero-order valence-electron chi connectivity index (χ0n) is 12.1. The smallest absolute Gasteiger partial charge is 0.305 e. The van der Waals surface area contributed by atoms with Crippen molar-refractivity contribution in [2.75, 3.05) is 7.11 Å². The van der Waals surface area contributed by atoms with Crippen molar-refractivity contribution in [1.82, 2.24) is 4.98 Å². The predicted molar refractivity (Wildman–Crippen MR) is 80.5 cm³/mol. The van der Waals surface area contributed by atoms with Crippen molar-refractivity contribution in [3.63, 3.8) is 0 Å². The van der Waals surface area contributed by atoms with Crippen LogP contribution < -0.4 is 5.73 Å². The summed E-state index contributed by atoms with van der Waals surface area (Å²) in [7, 11) is 1.38. The molecule has 0 aliphatic heterocycles. The molecule has 110 valence electrons. The SMILES string of the molecule is CCC(=O)OC.NC(=O)c1ncccc1-c1ccccc1. The van der Waals surface area contributed by atoms with E-state index in [-0.39, 0.29) is 5.97 Å². The van der Waals surface area contributed by atoms with Crippen molar-refractivity contribution in [2.24, 2.45) is 5.73 Å². The number of carbonyl (C=O) groups is 2. The molecule has 1 aromatic carbocycles. The topological polar surface area (TPSA) is 82.3 Å². The Labute approximate surface area is 123 Å². The normalized spacial score (nSPS) is 9.24. The van der Waals surface area contributed by atoms with Crippen molar-refractivity contribution in [2.45, 2.75) is 13.3 Å². The predicted octanol–water partition coefficient (Wildman–Crippen LogP) is 2.42. The van der Waals surface area contributed by atoms with Crippen LogP contribution in [0.25, 0.3) is 11.1 Å². The molecule has 1 amide bonds. The molecule has 0 saturated carbocycles. The lowest BCUT2D eigenvalue weighted by atomic mass is 10.0. The first-order chi connectivity index (χ1) is 10.1. The fraction of sp³-hybridized carbons (Fsp3) is 0.188. The number of benzene rings is 1. The van der Waals surface area contributed by atoms with Crippen LogP contribution in [0.15, 0.2) is 48.7 Å². The highest BCUT2D eigenvalue weighted by atomic mass is 16.5.